The molecule has 0 aliphatic rings. The Kier molecular flexibility index (Phi) is 3.44. The van der Waals surface area contributed by atoms with E-state index >= 15 is 0 Å². The quantitative estimate of drug-likeness (QED) is 0.763. The summed E-state index contributed by atoms with van der Waals surface area (Å²) in [5, 5.41) is 8.48. The Morgan fingerprint density at radius 3 is 2.00 bits per heavy atom. The highest BCUT2D eigenvalue weighted by atomic mass is 32.2. The van der Waals surface area contributed by atoms with Crippen molar-refractivity contribution < 1.29 is 23.1 Å². The van der Waals surface area contributed by atoms with E-state index in [4.69, 9.17) is 5.11 Å². The Morgan fingerprint density at radius 1 is 1.50 bits per heavy atom. The third-order valence-electron chi connectivity index (χ3n) is 1.47. The summed E-state index contributed by atoms with van der Waals surface area (Å²) < 4.78 is 33.6. The number of hydrogen-bond donors (Lipinski definition) is 1. The van der Waals surface area contributed by atoms with Crippen molar-refractivity contribution in [3.63, 3.8) is 0 Å². The van der Waals surface area contributed by atoms with Crippen LogP contribution in [0, 0.1) is 0 Å². The van der Waals surface area contributed by atoms with Crippen molar-refractivity contribution >= 4 is 17.7 Å². The Balaban J connectivity index is 4.46. The molecule has 6 heteroatoms. The molecule has 1 N–H and O–H groups in total. The molecule has 1 unspecified atom stereocenters. The molecular weight excluding hydrogens is 193 g/mol. The standard InChI is InChI=1S/C6H9F3O2S/c1-3-5(2,4(10)11)12-6(7,8)9/h3H2,1-2H3,(H,10,11). The molecule has 72 valence electrons. The molecular formula is C6H9F3O2S. The van der Waals surface area contributed by atoms with E-state index in [9.17, 15) is 18.0 Å². The van der Waals surface area contributed by atoms with Crippen LogP contribution >= 0.6 is 11.8 Å². The first-order chi connectivity index (χ1) is 5.21. The second-order valence-electron chi connectivity index (χ2n) is 2.44. The predicted octanol–water partition coefficient (Wildman–Crippen LogP) is 2.49. The lowest BCUT2D eigenvalue weighted by molar-refractivity contribution is -0.140. The summed E-state index contributed by atoms with van der Waals surface area (Å²) in [7, 11) is 0. The van der Waals surface area contributed by atoms with Gasteiger partial charge in [0.1, 0.15) is 4.75 Å². The van der Waals surface area contributed by atoms with Crippen LogP contribution < -0.4 is 0 Å². The van der Waals surface area contributed by atoms with Crippen molar-refractivity contribution in [3.05, 3.63) is 0 Å². The summed E-state index contributed by atoms with van der Waals surface area (Å²) in [5.74, 6) is -1.44. The monoisotopic (exact) mass is 202 g/mol. The minimum atomic E-state index is -4.50. The number of carboxylic acids is 1. The van der Waals surface area contributed by atoms with E-state index in [0.29, 0.717) is 0 Å². The third-order valence-corrected chi connectivity index (χ3v) is 2.61. The maximum absolute atomic E-state index is 11.8. The third kappa shape index (κ3) is 3.34. The lowest BCUT2D eigenvalue weighted by atomic mass is 10.1. The van der Waals surface area contributed by atoms with Gasteiger partial charge in [-0.25, -0.2) is 0 Å². The first-order valence-electron chi connectivity index (χ1n) is 3.21. The average molecular weight is 202 g/mol. The molecule has 0 saturated carbocycles. The van der Waals surface area contributed by atoms with Gasteiger partial charge in [-0.2, -0.15) is 13.2 Å². The molecule has 0 aliphatic carbocycles. The molecule has 0 fully saturated rings. The molecule has 0 heterocycles. The largest absolute Gasteiger partial charge is 0.480 e. The Labute approximate surface area is 72.1 Å². The molecule has 0 saturated heterocycles. The average Bonchev–Trinajstić information content (AvgIpc) is 1.83. The van der Waals surface area contributed by atoms with Gasteiger partial charge < -0.3 is 5.11 Å². The van der Waals surface area contributed by atoms with Crippen molar-refractivity contribution in [1.82, 2.24) is 0 Å². The van der Waals surface area contributed by atoms with Crippen molar-refractivity contribution in [2.45, 2.75) is 30.5 Å². The van der Waals surface area contributed by atoms with Gasteiger partial charge in [-0.1, -0.05) is 6.92 Å². The molecule has 1 atom stereocenters. The smallest absolute Gasteiger partial charge is 0.442 e. The summed E-state index contributed by atoms with van der Waals surface area (Å²) in [6.07, 6.45) is -0.0630. The van der Waals surface area contributed by atoms with Crippen LogP contribution in [0.3, 0.4) is 0 Å². The molecule has 0 rings (SSSR count). The number of alkyl halides is 3. The molecule has 0 aromatic heterocycles. The number of halogens is 3. The lowest BCUT2D eigenvalue weighted by Gasteiger charge is -2.22. The van der Waals surface area contributed by atoms with Crippen LogP contribution in [0.4, 0.5) is 13.2 Å². The number of carbonyl (C=O) groups is 1. The highest BCUT2D eigenvalue weighted by Gasteiger charge is 2.44. The van der Waals surface area contributed by atoms with E-state index in [2.05, 4.69) is 0 Å². The van der Waals surface area contributed by atoms with Gasteiger partial charge in [-0.05, 0) is 25.1 Å². The molecule has 0 aromatic carbocycles. The molecule has 12 heavy (non-hydrogen) atoms. The van der Waals surface area contributed by atoms with Crippen molar-refractivity contribution in [2.24, 2.45) is 0 Å². The maximum Gasteiger partial charge on any atom is 0.442 e. The number of hydrogen-bond acceptors (Lipinski definition) is 2. The van der Waals surface area contributed by atoms with Crippen LogP contribution in [0.25, 0.3) is 0 Å². The fraction of sp³-hybridized carbons (Fsp3) is 0.833. The van der Waals surface area contributed by atoms with Crippen LogP contribution in [0.1, 0.15) is 20.3 Å². The van der Waals surface area contributed by atoms with Gasteiger partial charge in [0.25, 0.3) is 0 Å². The first-order valence-corrected chi connectivity index (χ1v) is 4.03. The predicted molar refractivity (Wildman–Crippen MR) is 40.0 cm³/mol. The van der Waals surface area contributed by atoms with Crippen LogP contribution in [-0.2, 0) is 4.79 Å². The van der Waals surface area contributed by atoms with Crippen LogP contribution in [0.5, 0.6) is 0 Å². The highest BCUT2D eigenvalue weighted by molar-refractivity contribution is 8.02. The minimum Gasteiger partial charge on any atom is -0.480 e. The van der Waals surface area contributed by atoms with Crippen molar-refractivity contribution in [2.75, 3.05) is 0 Å². The number of rotatable bonds is 3. The SMILES string of the molecule is CCC(C)(SC(F)(F)F)C(=O)O. The van der Waals surface area contributed by atoms with Crippen molar-refractivity contribution in [1.29, 1.82) is 0 Å². The van der Waals surface area contributed by atoms with Crippen LogP contribution in [0.15, 0.2) is 0 Å². The summed E-state index contributed by atoms with van der Waals surface area (Å²) in [5.41, 5.74) is -4.50. The summed E-state index contributed by atoms with van der Waals surface area (Å²) >= 11 is -0.487. The Morgan fingerprint density at radius 2 is 1.92 bits per heavy atom. The van der Waals surface area contributed by atoms with Gasteiger partial charge in [-0.3, -0.25) is 4.79 Å². The topological polar surface area (TPSA) is 37.3 Å². The van der Waals surface area contributed by atoms with Crippen molar-refractivity contribution in [3.8, 4) is 0 Å². The van der Waals surface area contributed by atoms with E-state index < -0.39 is 28.0 Å². The number of thioether (sulfide) groups is 1. The second kappa shape index (κ2) is 3.55. The van der Waals surface area contributed by atoms with Gasteiger partial charge in [0.15, 0.2) is 0 Å². The zero-order chi connectivity index (χ0) is 9.99. The van der Waals surface area contributed by atoms with Gasteiger partial charge in [0, 0.05) is 0 Å². The van der Waals surface area contributed by atoms with E-state index in [1.54, 1.807) is 0 Å². The zero-order valence-electron chi connectivity index (χ0n) is 6.60. The molecule has 0 aromatic rings. The van der Waals surface area contributed by atoms with Gasteiger partial charge in [-0.15, -0.1) is 0 Å². The fourth-order valence-electron chi connectivity index (χ4n) is 0.522. The lowest BCUT2D eigenvalue weighted by Crippen LogP contribution is -2.33. The normalized spacial score (nSPS) is 17.1. The maximum atomic E-state index is 11.8. The fourth-order valence-corrected chi connectivity index (χ4v) is 1.26. The van der Waals surface area contributed by atoms with E-state index in [1.165, 1.54) is 6.92 Å². The van der Waals surface area contributed by atoms with E-state index in [1.807, 2.05) is 0 Å². The molecule has 0 spiro atoms. The summed E-state index contributed by atoms with van der Waals surface area (Å²) in [4.78, 5) is 10.4. The van der Waals surface area contributed by atoms with Gasteiger partial charge in [0.2, 0.25) is 0 Å². The van der Waals surface area contributed by atoms with Gasteiger partial charge >= 0.3 is 11.5 Å². The van der Waals surface area contributed by atoms with Crippen LogP contribution in [-0.4, -0.2) is 21.3 Å². The van der Waals surface area contributed by atoms with E-state index in [-0.39, 0.29) is 6.42 Å². The van der Waals surface area contributed by atoms with Gasteiger partial charge in [0.05, 0.1) is 0 Å². The van der Waals surface area contributed by atoms with E-state index in [0.717, 1.165) is 6.92 Å². The molecule has 0 amide bonds. The molecule has 0 aliphatic heterocycles. The Hall–Kier alpha value is -0.390. The second-order valence-corrected chi connectivity index (χ2v) is 4.01. The summed E-state index contributed by atoms with van der Waals surface area (Å²) in [6.45, 7) is 2.47. The molecule has 0 radical (unpaired) electrons. The number of carboxylic acid groups (broad SMARTS) is 1. The summed E-state index contributed by atoms with van der Waals surface area (Å²) in [6, 6.07) is 0. The minimum absolute atomic E-state index is 0.0630. The number of aliphatic carboxylic acids is 1. The highest BCUT2D eigenvalue weighted by Crippen LogP contribution is 2.42. The first kappa shape index (κ1) is 11.6. The molecule has 2 nitrogen and oxygen atoms in total. The molecule has 0 bridgehead atoms. The van der Waals surface area contributed by atoms with Crippen LogP contribution in [0.2, 0.25) is 0 Å². The Bertz CT molecular complexity index is 180. The zero-order valence-corrected chi connectivity index (χ0v) is 7.42.